The largest absolute Gasteiger partial charge is 0.496 e. The van der Waals surface area contributed by atoms with E-state index in [2.05, 4.69) is 0 Å². The van der Waals surface area contributed by atoms with Crippen molar-refractivity contribution in [1.82, 2.24) is 9.80 Å². The molecule has 0 saturated carbocycles. The van der Waals surface area contributed by atoms with Gasteiger partial charge in [0, 0.05) is 32.2 Å². The highest BCUT2D eigenvalue weighted by molar-refractivity contribution is 5.77. The lowest BCUT2D eigenvalue weighted by atomic mass is 10.0. The third-order valence-corrected chi connectivity index (χ3v) is 3.32. The number of nitrogens with two attached hydrogens (primary N) is 1. The van der Waals surface area contributed by atoms with Gasteiger partial charge in [-0.15, -0.1) is 0 Å². The first-order valence-corrected chi connectivity index (χ1v) is 6.13. The summed E-state index contributed by atoms with van der Waals surface area (Å²) in [5.41, 5.74) is 6.21. The van der Waals surface area contributed by atoms with Crippen molar-refractivity contribution in [2.45, 2.75) is 6.04 Å². The average Bonchev–Trinajstić information content (AvgIpc) is 2.67. The van der Waals surface area contributed by atoms with Crippen molar-refractivity contribution in [1.29, 1.82) is 0 Å². The van der Waals surface area contributed by atoms with E-state index >= 15 is 0 Å². The van der Waals surface area contributed by atoms with Gasteiger partial charge >= 0.3 is 6.03 Å². The molecule has 0 aliphatic carbocycles. The van der Waals surface area contributed by atoms with Gasteiger partial charge in [0.2, 0.25) is 0 Å². The van der Waals surface area contributed by atoms with Gasteiger partial charge < -0.3 is 20.3 Å². The van der Waals surface area contributed by atoms with Gasteiger partial charge in [-0.1, -0.05) is 0 Å². The Labute approximate surface area is 111 Å². The number of benzene rings is 1. The van der Waals surface area contributed by atoms with E-state index in [9.17, 15) is 9.18 Å². The second kappa shape index (κ2) is 5.44. The van der Waals surface area contributed by atoms with E-state index in [0.29, 0.717) is 30.9 Å². The molecule has 5 nitrogen and oxygen atoms in total. The topological polar surface area (TPSA) is 58.8 Å². The molecule has 0 bridgehead atoms. The Morgan fingerprint density at radius 1 is 1.53 bits per heavy atom. The molecule has 1 aliphatic heterocycles. The lowest BCUT2D eigenvalue weighted by Crippen LogP contribution is -2.34. The minimum Gasteiger partial charge on any atom is -0.496 e. The normalized spacial score (nSPS) is 19.2. The predicted octanol–water partition coefficient (Wildman–Crippen LogP) is 1.20. The smallest absolute Gasteiger partial charge is 0.320 e. The second-order valence-corrected chi connectivity index (χ2v) is 4.55. The van der Waals surface area contributed by atoms with Crippen molar-refractivity contribution in [2.75, 3.05) is 33.8 Å². The molecule has 0 aromatic heterocycles. The van der Waals surface area contributed by atoms with Gasteiger partial charge in [-0.3, -0.25) is 0 Å². The zero-order valence-corrected chi connectivity index (χ0v) is 11.1. The lowest BCUT2D eigenvalue weighted by Gasteiger charge is -2.24. The Balaban J connectivity index is 2.39. The molecule has 1 fully saturated rings. The van der Waals surface area contributed by atoms with E-state index in [1.807, 2.05) is 0 Å². The summed E-state index contributed by atoms with van der Waals surface area (Å²) in [5, 5.41) is 0. The molecule has 0 radical (unpaired) electrons. The van der Waals surface area contributed by atoms with Gasteiger partial charge in [-0.25, -0.2) is 9.18 Å². The van der Waals surface area contributed by atoms with Crippen LogP contribution >= 0.6 is 0 Å². The first-order valence-electron chi connectivity index (χ1n) is 6.13. The van der Waals surface area contributed by atoms with Crippen molar-refractivity contribution in [3.05, 3.63) is 29.6 Å². The van der Waals surface area contributed by atoms with Gasteiger partial charge in [0.05, 0.1) is 13.2 Å². The van der Waals surface area contributed by atoms with E-state index in [0.717, 1.165) is 0 Å². The molecule has 1 saturated heterocycles. The van der Waals surface area contributed by atoms with Crippen LogP contribution in [0.2, 0.25) is 0 Å². The number of hydrogen-bond acceptors (Lipinski definition) is 3. The van der Waals surface area contributed by atoms with Crippen molar-refractivity contribution in [3.8, 4) is 5.75 Å². The molecule has 19 heavy (non-hydrogen) atoms. The van der Waals surface area contributed by atoms with Crippen LogP contribution in [-0.4, -0.2) is 49.6 Å². The van der Waals surface area contributed by atoms with Gasteiger partial charge in [0.15, 0.2) is 0 Å². The molecule has 1 heterocycles. The van der Waals surface area contributed by atoms with E-state index in [-0.39, 0.29) is 17.9 Å². The standard InChI is InChI=1S/C13H18FN3O2/c1-16-8-11(17(6-5-15)13(16)18)10-7-9(14)3-4-12(10)19-2/h3-4,7,11H,5-6,8,15H2,1-2H3. The maximum absolute atomic E-state index is 13.4. The van der Waals surface area contributed by atoms with Gasteiger partial charge in [-0.05, 0) is 18.2 Å². The molecule has 2 N–H and O–H groups in total. The Morgan fingerprint density at radius 3 is 2.89 bits per heavy atom. The summed E-state index contributed by atoms with van der Waals surface area (Å²) in [6.07, 6.45) is 0. The Hall–Kier alpha value is -1.82. The van der Waals surface area contributed by atoms with Crippen LogP contribution in [0.15, 0.2) is 18.2 Å². The molecule has 1 aliphatic rings. The number of methoxy groups -OCH3 is 1. The fourth-order valence-electron chi connectivity index (χ4n) is 2.41. The highest BCUT2D eigenvalue weighted by Crippen LogP contribution is 2.34. The molecule has 2 amide bonds. The number of rotatable bonds is 4. The van der Waals surface area contributed by atoms with E-state index in [4.69, 9.17) is 10.5 Å². The van der Waals surface area contributed by atoms with Crippen LogP contribution in [0.4, 0.5) is 9.18 Å². The number of nitrogens with zero attached hydrogens (tertiary/aromatic N) is 2. The van der Waals surface area contributed by atoms with E-state index in [1.54, 1.807) is 22.9 Å². The second-order valence-electron chi connectivity index (χ2n) is 4.55. The van der Waals surface area contributed by atoms with Crippen molar-refractivity contribution < 1.29 is 13.9 Å². The number of carbonyl (C=O) groups excluding carboxylic acids is 1. The summed E-state index contributed by atoms with van der Waals surface area (Å²) >= 11 is 0. The fraction of sp³-hybridized carbons (Fsp3) is 0.462. The summed E-state index contributed by atoms with van der Waals surface area (Å²) in [6, 6.07) is 4.01. The molecule has 6 heteroatoms. The third kappa shape index (κ3) is 2.49. The first-order chi connectivity index (χ1) is 9.08. The molecule has 1 atom stereocenters. The minimum absolute atomic E-state index is 0.0956. The zero-order valence-electron chi connectivity index (χ0n) is 11.1. The van der Waals surface area contributed by atoms with Crippen molar-refractivity contribution in [3.63, 3.8) is 0 Å². The van der Waals surface area contributed by atoms with Gasteiger partial charge in [0.1, 0.15) is 11.6 Å². The van der Waals surface area contributed by atoms with Crippen molar-refractivity contribution >= 4 is 6.03 Å². The lowest BCUT2D eigenvalue weighted by molar-refractivity contribution is 0.192. The number of ether oxygens (including phenoxy) is 1. The number of likely N-dealkylation sites (N-methyl/N-ethyl adjacent to an activating group) is 1. The van der Waals surface area contributed by atoms with Crippen LogP contribution < -0.4 is 10.5 Å². The van der Waals surface area contributed by atoms with E-state index < -0.39 is 0 Å². The number of halogens is 1. The average molecular weight is 267 g/mol. The Morgan fingerprint density at radius 2 is 2.26 bits per heavy atom. The van der Waals surface area contributed by atoms with Crippen LogP contribution in [-0.2, 0) is 0 Å². The monoisotopic (exact) mass is 267 g/mol. The fourth-order valence-corrected chi connectivity index (χ4v) is 2.41. The predicted molar refractivity (Wildman–Crippen MR) is 69.5 cm³/mol. The molecule has 2 rings (SSSR count). The number of urea groups is 1. The quantitative estimate of drug-likeness (QED) is 0.891. The molecule has 1 aromatic carbocycles. The molecule has 1 aromatic rings. The molecular formula is C13H18FN3O2. The van der Waals surface area contributed by atoms with E-state index in [1.165, 1.54) is 19.2 Å². The summed E-state index contributed by atoms with van der Waals surface area (Å²) in [7, 11) is 3.25. The maximum Gasteiger partial charge on any atom is 0.320 e. The van der Waals surface area contributed by atoms with Crippen LogP contribution in [0.3, 0.4) is 0 Å². The summed E-state index contributed by atoms with van der Waals surface area (Å²) in [6.45, 7) is 1.31. The van der Waals surface area contributed by atoms with Crippen molar-refractivity contribution in [2.24, 2.45) is 5.73 Å². The molecule has 104 valence electrons. The van der Waals surface area contributed by atoms with Crippen LogP contribution in [0.5, 0.6) is 5.75 Å². The zero-order chi connectivity index (χ0) is 14.0. The highest BCUT2D eigenvalue weighted by Gasteiger charge is 2.37. The third-order valence-electron chi connectivity index (χ3n) is 3.32. The summed E-state index contributed by atoms with van der Waals surface area (Å²) < 4.78 is 18.7. The van der Waals surface area contributed by atoms with Gasteiger partial charge in [-0.2, -0.15) is 0 Å². The molecule has 0 spiro atoms. The van der Waals surface area contributed by atoms with Crippen LogP contribution in [0.1, 0.15) is 11.6 Å². The number of hydrogen-bond donors (Lipinski definition) is 1. The SMILES string of the molecule is COc1ccc(F)cc1C1CN(C)C(=O)N1CCN. The number of amides is 2. The Bertz CT molecular complexity index is 481. The first kappa shape index (κ1) is 13.6. The number of carbonyl (C=O) groups is 1. The molecule has 1 unspecified atom stereocenters. The van der Waals surface area contributed by atoms with Gasteiger partial charge in [0.25, 0.3) is 0 Å². The minimum atomic E-state index is -0.342. The maximum atomic E-state index is 13.4. The highest BCUT2D eigenvalue weighted by atomic mass is 19.1. The molecular weight excluding hydrogens is 249 g/mol. The summed E-state index contributed by atoms with van der Waals surface area (Å²) in [4.78, 5) is 15.3. The van der Waals surface area contributed by atoms with Crippen LogP contribution in [0.25, 0.3) is 0 Å². The Kier molecular flexibility index (Phi) is 3.90. The van der Waals surface area contributed by atoms with Crippen LogP contribution in [0, 0.1) is 5.82 Å². The summed E-state index contributed by atoms with van der Waals surface area (Å²) in [5.74, 6) is 0.238.